The summed E-state index contributed by atoms with van der Waals surface area (Å²) in [6.07, 6.45) is 6.40. The molecule has 1 saturated carbocycles. The van der Waals surface area contributed by atoms with E-state index in [1.807, 2.05) is 0 Å². The number of anilines is 3. The number of hydrogen-bond donors (Lipinski definition) is 0. The van der Waals surface area contributed by atoms with Crippen LogP contribution in [0.15, 0.2) is 229 Å². The topological polar surface area (TPSA) is 16.4 Å². The first-order valence-electron chi connectivity index (χ1n) is 24.5. The molecule has 1 heterocycles. The molecule has 11 aromatic rings. The highest BCUT2D eigenvalue weighted by Crippen LogP contribution is 2.60. The molecule has 0 unspecified atom stereocenters. The van der Waals surface area contributed by atoms with Gasteiger partial charge in [0.15, 0.2) is 0 Å². The van der Waals surface area contributed by atoms with Crippen LogP contribution < -0.4 is 4.90 Å². The maximum absolute atomic E-state index is 6.68. The van der Waals surface area contributed by atoms with E-state index >= 15 is 0 Å². The fourth-order valence-electron chi connectivity index (χ4n) is 12.4. The van der Waals surface area contributed by atoms with E-state index in [0.29, 0.717) is 5.92 Å². The largest absolute Gasteiger partial charge is 0.456 e. The molecule has 2 nitrogen and oxygen atoms in total. The molecule has 0 radical (unpaired) electrons. The van der Waals surface area contributed by atoms with Crippen molar-refractivity contribution in [3.05, 3.63) is 258 Å². The molecule has 0 aliphatic heterocycles. The van der Waals surface area contributed by atoms with Crippen molar-refractivity contribution in [1.29, 1.82) is 0 Å². The van der Waals surface area contributed by atoms with Crippen molar-refractivity contribution in [3.8, 4) is 33.4 Å². The molecule has 0 amide bonds. The molecule has 0 saturated heterocycles. The van der Waals surface area contributed by atoms with Crippen LogP contribution in [0.3, 0.4) is 0 Å². The summed E-state index contributed by atoms with van der Waals surface area (Å²) < 4.78 is 6.68. The first-order valence-corrected chi connectivity index (χ1v) is 24.5. The van der Waals surface area contributed by atoms with Crippen LogP contribution in [-0.2, 0) is 5.41 Å². The van der Waals surface area contributed by atoms with E-state index < -0.39 is 5.41 Å². The second-order valence-corrected chi connectivity index (χ2v) is 18.9. The number of benzene rings is 10. The summed E-state index contributed by atoms with van der Waals surface area (Å²) >= 11 is 0. The van der Waals surface area contributed by atoms with E-state index in [1.54, 1.807) is 0 Å². The van der Waals surface area contributed by atoms with Crippen molar-refractivity contribution in [3.63, 3.8) is 0 Å². The number of aryl methyl sites for hydroxylation is 1. The van der Waals surface area contributed by atoms with Crippen LogP contribution in [0.1, 0.15) is 71.4 Å². The Hall–Kier alpha value is -7.94. The number of hydrogen-bond acceptors (Lipinski definition) is 2. The average molecular weight is 874 g/mol. The SMILES string of the molecule is Cc1cccc2c1C(c1ccccc1)(c1ccccc1)c1cccc(-c3ccccc3N(c3ccc4c(c3)oc3ccccc34)c3ccccc3-c3cccc4cccc(C5CCCCC5)c34)c1-2. The fourth-order valence-corrected chi connectivity index (χ4v) is 12.4. The number of nitrogens with zero attached hydrogens (tertiary/aromatic N) is 1. The zero-order chi connectivity index (χ0) is 45.2. The Kier molecular flexibility index (Phi) is 9.75. The fraction of sp³-hybridized carbons (Fsp3) is 0.121. The summed E-state index contributed by atoms with van der Waals surface area (Å²) in [6.45, 7) is 2.29. The summed E-state index contributed by atoms with van der Waals surface area (Å²) in [7, 11) is 0. The van der Waals surface area contributed by atoms with Gasteiger partial charge in [0.25, 0.3) is 0 Å². The van der Waals surface area contributed by atoms with Crippen molar-refractivity contribution in [2.45, 2.75) is 50.4 Å². The van der Waals surface area contributed by atoms with Crippen molar-refractivity contribution in [2.75, 3.05) is 4.90 Å². The Balaban J connectivity index is 1.09. The lowest BCUT2D eigenvalue weighted by atomic mass is 9.66. The molecule has 1 fully saturated rings. The minimum Gasteiger partial charge on any atom is -0.456 e. The predicted octanol–water partition coefficient (Wildman–Crippen LogP) is 18.3. The van der Waals surface area contributed by atoms with Gasteiger partial charge in [-0.05, 0) is 122 Å². The summed E-state index contributed by atoms with van der Waals surface area (Å²) in [5.74, 6) is 0.554. The number of furan rings is 1. The Morgan fingerprint density at radius 2 is 1.03 bits per heavy atom. The molecule has 10 aromatic carbocycles. The summed E-state index contributed by atoms with van der Waals surface area (Å²) in [5, 5.41) is 4.91. The number of para-hydroxylation sites is 3. The standard InChI is InChI=1S/C66H51NO/c1-44-21-17-36-57-64-56(35-20-37-58(64)66(65(44)57,47-26-7-3-8-27-47)48-28-9-4-10-29-48)52-31-12-15-39-60(52)67(49-41-42-54-53-32-13-16-40-61(53)68-62(54)43-49)59-38-14-11-30-51(59)55-34-19-25-46-24-18-33-50(63(46)55)45-22-5-2-6-23-45/h3-4,7-21,24-43,45H,2,5-6,22-23H2,1H3. The zero-order valence-electron chi connectivity index (χ0n) is 38.3. The quantitative estimate of drug-likeness (QED) is 0.151. The van der Waals surface area contributed by atoms with Gasteiger partial charge >= 0.3 is 0 Å². The van der Waals surface area contributed by atoms with Crippen LogP contribution >= 0.6 is 0 Å². The lowest BCUT2D eigenvalue weighted by molar-refractivity contribution is 0.445. The van der Waals surface area contributed by atoms with Crippen LogP contribution in [0, 0.1) is 6.92 Å². The van der Waals surface area contributed by atoms with E-state index in [-0.39, 0.29) is 0 Å². The molecular weight excluding hydrogens is 823 g/mol. The van der Waals surface area contributed by atoms with Gasteiger partial charge in [-0.2, -0.15) is 0 Å². The second kappa shape index (κ2) is 16.4. The predicted molar refractivity (Wildman–Crippen MR) is 285 cm³/mol. The number of fused-ring (bicyclic) bond motifs is 7. The van der Waals surface area contributed by atoms with Gasteiger partial charge in [-0.1, -0.05) is 207 Å². The summed E-state index contributed by atoms with van der Waals surface area (Å²) in [4.78, 5) is 2.51. The van der Waals surface area contributed by atoms with Crippen LogP contribution in [0.25, 0.3) is 66.1 Å². The van der Waals surface area contributed by atoms with E-state index in [2.05, 4.69) is 236 Å². The molecule has 0 bridgehead atoms. The Morgan fingerprint density at radius 3 is 1.78 bits per heavy atom. The minimum absolute atomic E-state index is 0.521. The van der Waals surface area contributed by atoms with Crippen molar-refractivity contribution in [2.24, 2.45) is 0 Å². The molecule has 2 heteroatoms. The molecule has 0 N–H and O–H groups in total. The van der Waals surface area contributed by atoms with Crippen LogP contribution in [0.5, 0.6) is 0 Å². The normalized spacial score (nSPS) is 14.3. The van der Waals surface area contributed by atoms with Crippen molar-refractivity contribution < 1.29 is 4.42 Å². The smallest absolute Gasteiger partial charge is 0.137 e. The molecule has 2 aliphatic rings. The zero-order valence-corrected chi connectivity index (χ0v) is 38.3. The average Bonchev–Trinajstić information content (AvgIpc) is 3.94. The molecule has 0 atom stereocenters. The maximum atomic E-state index is 6.68. The lowest BCUT2D eigenvalue weighted by Crippen LogP contribution is -2.29. The molecule has 1 aromatic heterocycles. The molecule has 13 rings (SSSR count). The van der Waals surface area contributed by atoms with Gasteiger partial charge in [-0.3, -0.25) is 0 Å². The highest BCUT2D eigenvalue weighted by molar-refractivity contribution is 6.09. The molecule has 68 heavy (non-hydrogen) atoms. The van der Waals surface area contributed by atoms with Crippen molar-refractivity contribution in [1.82, 2.24) is 0 Å². The van der Waals surface area contributed by atoms with E-state index in [1.165, 1.54) is 104 Å². The van der Waals surface area contributed by atoms with Crippen molar-refractivity contribution >= 4 is 49.8 Å². The third-order valence-corrected chi connectivity index (χ3v) is 15.3. The van der Waals surface area contributed by atoms with E-state index in [4.69, 9.17) is 4.42 Å². The third kappa shape index (κ3) is 6.24. The Bertz CT molecular complexity index is 3640. The Morgan fingerprint density at radius 1 is 0.456 bits per heavy atom. The van der Waals surface area contributed by atoms with Gasteiger partial charge in [-0.25, -0.2) is 0 Å². The minimum atomic E-state index is -0.521. The monoisotopic (exact) mass is 873 g/mol. The van der Waals surface area contributed by atoms with Gasteiger partial charge in [0.1, 0.15) is 11.2 Å². The number of rotatable bonds is 8. The highest BCUT2D eigenvalue weighted by Gasteiger charge is 2.48. The lowest BCUT2D eigenvalue weighted by Gasteiger charge is -2.35. The third-order valence-electron chi connectivity index (χ3n) is 15.3. The highest BCUT2D eigenvalue weighted by atomic mass is 16.3. The second-order valence-electron chi connectivity index (χ2n) is 18.9. The molecule has 326 valence electrons. The summed E-state index contributed by atoms with van der Waals surface area (Å²) in [6, 6.07) is 83.4. The van der Waals surface area contributed by atoms with Gasteiger partial charge in [0.2, 0.25) is 0 Å². The van der Waals surface area contributed by atoms with Gasteiger partial charge in [0.05, 0.1) is 16.8 Å². The summed E-state index contributed by atoms with van der Waals surface area (Å²) in [5.41, 5.74) is 19.8. The first kappa shape index (κ1) is 40.3. The Labute approximate surface area is 398 Å². The van der Waals surface area contributed by atoms with E-state index in [9.17, 15) is 0 Å². The van der Waals surface area contributed by atoms with Gasteiger partial charge < -0.3 is 9.32 Å². The maximum Gasteiger partial charge on any atom is 0.137 e. The van der Waals surface area contributed by atoms with E-state index in [0.717, 1.165) is 44.6 Å². The molecular formula is C66H51NO. The van der Waals surface area contributed by atoms with Gasteiger partial charge in [0, 0.05) is 33.7 Å². The first-order chi connectivity index (χ1) is 33.7. The molecule has 2 aliphatic carbocycles. The van der Waals surface area contributed by atoms with Crippen LogP contribution in [-0.4, -0.2) is 0 Å². The van der Waals surface area contributed by atoms with Crippen LogP contribution in [0.2, 0.25) is 0 Å². The molecule has 0 spiro atoms. The van der Waals surface area contributed by atoms with Gasteiger partial charge in [-0.15, -0.1) is 0 Å². The van der Waals surface area contributed by atoms with Crippen LogP contribution in [0.4, 0.5) is 17.1 Å².